The van der Waals surface area contributed by atoms with Gasteiger partial charge >= 0.3 is 0 Å². The molecule has 0 saturated heterocycles. The maximum Gasteiger partial charge on any atom is 0.271 e. The SMILES string of the molecule is CCCCCc1c[nH]c2ccc(Oc3c(Br)cc([N+](=O)[O-])cc3Br)cc12. The molecule has 0 unspecified atom stereocenters. The van der Waals surface area contributed by atoms with Gasteiger partial charge < -0.3 is 9.72 Å². The Morgan fingerprint density at radius 2 is 1.88 bits per heavy atom. The van der Waals surface area contributed by atoms with Crippen LogP contribution >= 0.6 is 31.9 Å². The number of ether oxygens (including phenoxy) is 1. The van der Waals surface area contributed by atoms with Crippen LogP contribution in [0, 0.1) is 10.1 Å². The molecule has 0 saturated carbocycles. The molecule has 26 heavy (non-hydrogen) atoms. The molecule has 0 fully saturated rings. The second-order valence-corrected chi connectivity index (χ2v) is 7.78. The van der Waals surface area contributed by atoms with Gasteiger partial charge in [-0.25, -0.2) is 0 Å². The number of hydrogen-bond acceptors (Lipinski definition) is 3. The molecule has 0 spiro atoms. The van der Waals surface area contributed by atoms with Crippen molar-refractivity contribution in [3.05, 3.63) is 61.2 Å². The summed E-state index contributed by atoms with van der Waals surface area (Å²) in [5, 5.41) is 12.1. The van der Waals surface area contributed by atoms with Crippen molar-refractivity contribution in [1.82, 2.24) is 4.98 Å². The fourth-order valence-electron chi connectivity index (χ4n) is 2.86. The van der Waals surface area contributed by atoms with Crippen molar-refractivity contribution in [3.8, 4) is 11.5 Å². The molecule has 5 nitrogen and oxygen atoms in total. The van der Waals surface area contributed by atoms with Gasteiger partial charge in [0.15, 0.2) is 5.75 Å². The van der Waals surface area contributed by atoms with Crippen molar-refractivity contribution in [2.75, 3.05) is 0 Å². The first-order valence-corrected chi connectivity index (χ1v) is 9.99. The maximum absolute atomic E-state index is 11.0. The Labute approximate surface area is 168 Å². The number of benzene rings is 2. The summed E-state index contributed by atoms with van der Waals surface area (Å²) in [6, 6.07) is 8.75. The summed E-state index contributed by atoms with van der Waals surface area (Å²) < 4.78 is 7.05. The lowest BCUT2D eigenvalue weighted by atomic mass is 10.1. The van der Waals surface area contributed by atoms with Crippen molar-refractivity contribution in [2.24, 2.45) is 0 Å². The van der Waals surface area contributed by atoms with Crippen molar-refractivity contribution in [3.63, 3.8) is 0 Å². The molecular formula is C19H18Br2N2O3. The highest BCUT2D eigenvalue weighted by molar-refractivity contribution is 9.11. The molecule has 0 amide bonds. The number of unbranched alkanes of at least 4 members (excludes halogenated alkanes) is 2. The van der Waals surface area contributed by atoms with E-state index in [-0.39, 0.29) is 5.69 Å². The molecule has 0 radical (unpaired) electrons. The topological polar surface area (TPSA) is 68.2 Å². The summed E-state index contributed by atoms with van der Waals surface area (Å²) in [5.41, 5.74) is 2.35. The zero-order chi connectivity index (χ0) is 18.7. The van der Waals surface area contributed by atoms with Crippen LogP contribution in [0.2, 0.25) is 0 Å². The molecule has 3 aromatic rings. The lowest BCUT2D eigenvalue weighted by Gasteiger charge is -2.10. The minimum atomic E-state index is -0.437. The molecule has 0 aliphatic carbocycles. The number of H-pyrrole nitrogens is 1. The second-order valence-electron chi connectivity index (χ2n) is 6.08. The summed E-state index contributed by atoms with van der Waals surface area (Å²) in [6.07, 6.45) is 6.66. The van der Waals surface area contributed by atoms with E-state index in [0.29, 0.717) is 20.4 Å². The first kappa shape index (κ1) is 18.9. The largest absolute Gasteiger partial charge is 0.455 e. The first-order valence-electron chi connectivity index (χ1n) is 8.41. The number of aromatic amines is 1. The monoisotopic (exact) mass is 480 g/mol. The average Bonchev–Trinajstić information content (AvgIpc) is 3.00. The third kappa shape index (κ3) is 4.10. The number of halogens is 2. The predicted molar refractivity (Wildman–Crippen MR) is 110 cm³/mol. The van der Waals surface area contributed by atoms with Crippen LogP contribution in [0.4, 0.5) is 5.69 Å². The van der Waals surface area contributed by atoms with Crippen LogP contribution in [0.1, 0.15) is 31.7 Å². The summed E-state index contributed by atoms with van der Waals surface area (Å²) in [7, 11) is 0. The van der Waals surface area contributed by atoms with Crippen molar-refractivity contribution in [1.29, 1.82) is 0 Å². The molecule has 136 valence electrons. The van der Waals surface area contributed by atoms with Crippen LogP contribution in [0.25, 0.3) is 10.9 Å². The van der Waals surface area contributed by atoms with E-state index in [1.54, 1.807) is 0 Å². The quantitative estimate of drug-likeness (QED) is 0.222. The number of aromatic nitrogens is 1. The molecule has 1 heterocycles. The van der Waals surface area contributed by atoms with E-state index in [2.05, 4.69) is 50.0 Å². The van der Waals surface area contributed by atoms with Crippen LogP contribution in [0.5, 0.6) is 11.5 Å². The third-order valence-electron chi connectivity index (χ3n) is 4.20. The fourth-order valence-corrected chi connectivity index (χ4v) is 4.18. The van der Waals surface area contributed by atoms with E-state index in [1.807, 2.05) is 18.2 Å². The second kappa shape index (κ2) is 8.22. The van der Waals surface area contributed by atoms with E-state index >= 15 is 0 Å². The predicted octanol–water partition coefficient (Wildman–Crippen LogP) is 7.13. The molecule has 1 aromatic heterocycles. The number of nitrogens with one attached hydrogen (secondary N) is 1. The zero-order valence-corrected chi connectivity index (χ0v) is 17.4. The molecule has 7 heteroatoms. The van der Waals surface area contributed by atoms with E-state index in [9.17, 15) is 10.1 Å². The summed E-state index contributed by atoms with van der Waals surface area (Å²) in [6.45, 7) is 2.20. The lowest BCUT2D eigenvalue weighted by Crippen LogP contribution is -1.92. The van der Waals surface area contributed by atoms with Crippen LogP contribution < -0.4 is 4.74 Å². The summed E-state index contributed by atoms with van der Waals surface area (Å²) >= 11 is 6.71. The van der Waals surface area contributed by atoms with E-state index in [1.165, 1.54) is 30.5 Å². The number of fused-ring (bicyclic) bond motifs is 1. The number of nitro benzene ring substituents is 1. The Bertz CT molecular complexity index is 930. The Morgan fingerprint density at radius 1 is 1.15 bits per heavy atom. The number of non-ortho nitro benzene ring substituents is 1. The van der Waals surface area contributed by atoms with Crippen molar-refractivity contribution in [2.45, 2.75) is 32.6 Å². The van der Waals surface area contributed by atoms with E-state index < -0.39 is 4.92 Å². The molecular weight excluding hydrogens is 464 g/mol. The normalized spacial score (nSPS) is 11.0. The molecule has 0 aliphatic heterocycles. The van der Waals surface area contributed by atoms with Gasteiger partial charge in [-0.1, -0.05) is 19.8 Å². The number of nitro groups is 1. The Kier molecular flexibility index (Phi) is 5.98. The number of hydrogen-bond donors (Lipinski definition) is 1. The molecule has 0 bridgehead atoms. The van der Waals surface area contributed by atoms with Gasteiger partial charge in [0.1, 0.15) is 5.75 Å². The van der Waals surface area contributed by atoms with Crippen molar-refractivity contribution < 1.29 is 9.66 Å². The highest BCUT2D eigenvalue weighted by atomic mass is 79.9. The molecule has 1 N–H and O–H groups in total. The molecule has 0 atom stereocenters. The van der Waals surface area contributed by atoms with Gasteiger partial charge in [0.25, 0.3) is 5.69 Å². The van der Waals surface area contributed by atoms with Crippen LogP contribution in [-0.4, -0.2) is 9.91 Å². The van der Waals surface area contributed by atoms with Gasteiger partial charge in [0.2, 0.25) is 0 Å². The van der Waals surface area contributed by atoms with Gasteiger partial charge in [0, 0.05) is 29.2 Å². The van der Waals surface area contributed by atoms with Gasteiger partial charge in [-0.3, -0.25) is 10.1 Å². The highest BCUT2D eigenvalue weighted by Crippen LogP contribution is 2.40. The van der Waals surface area contributed by atoms with Crippen LogP contribution in [0.3, 0.4) is 0 Å². The Balaban J connectivity index is 1.89. The smallest absolute Gasteiger partial charge is 0.271 e. The standard InChI is InChI=1S/C19H18Br2N2O3/c1-2-3-4-5-12-11-22-18-7-6-14(10-15(12)18)26-19-16(20)8-13(23(24)25)9-17(19)21/h6-11,22H,2-5H2,1H3. The van der Waals surface area contributed by atoms with E-state index in [0.717, 1.165) is 23.7 Å². The minimum absolute atomic E-state index is 0.00426. The highest BCUT2D eigenvalue weighted by Gasteiger charge is 2.16. The lowest BCUT2D eigenvalue weighted by molar-refractivity contribution is -0.385. The first-order chi connectivity index (χ1) is 12.5. The number of rotatable bonds is 7. The van der Waals surface area contributed by atoms with E-state index in [4.69, 9.17) is 4.74 Å². The number of nitrogens with zero attached hydrogens (tertiary/aromatic N) is 1. The molecule has 0 aliphatic rings. The molecule has 3 rings (SSSR count). The Morgan fingerprint density at radius 3 is 2.54 bits per heavy atom. The van der Waals surface area contributed by atoms with Crippen LogP contribution in [-0.2, 0) is 6.42 Å². The maximum atomic E-state index is 11.0. The third-order valence-corrected chi connectivity index (χ3v) is 5.38. The van der Waals surface area contributed by atoms with Gasteiger partial charge in [-0.15, -0.1) is 0 Å². The summed E-state index contributed by atoms with van der Waals surface area (Å²) in [4.78, 5) is 13.8. The van der Waals surface area contributed by atoms with Gasteiger partial charge in [0.05, 0.1) is 13.9 Å². The fraction of sp³-hybridized carbons (Fsp3) is 0.263. The van der Waals surface area contributed by atoms with Crippen LogP contribution in [0.15, 0.2) is 45.5 Å². The molecule has 2 aromatic carbocycles. The average molecular weight is 482 g/mol. The zero-order valence-electron chi connectivity index (χ0n) is 14.2. The minimum Gasteiger partial charge on any atom is -0.455 e. The van der Waals surface area contributed by atoms with Crippen molar-refractivity contribution >= 4 is 48.5 Å². The number of aryl methyl sites for hydroxylation is 1. The summed E-state index contributed by atoms with van der Waals surface area (Å²) in [5.74, 6) is 1.20. The Hall–Kier alpha value is -1.86. The van der Waals surface area contributed by atoms with Gasteiger partial charge in [-0.2, -0.15) is 0 Å². The van der Waals surface area contributed by atoms with Gasteiger partial charge in [-0.05, 0) is 68.5 Å².